The van der Waals surface area contributed by atoms with E-state index in [4.69, 9.17) is 0 Å². The largest absolute Gasteiger partial charge is 0.299 e. The second-order valence-corrected chi connectivity index (χ2v) is 7.76. The van der Waals surface area contributed by atoms with Crippen molar-refractivity contribution < 1.29 is 14.4 Å². The lowest BCUT2D eigenvalue weighted by molar-refractivity contribution is -0.123. The maximum Gasteiger partial charge on any atom is 0.210 e. The first-order valence-electron chi connectivity index (χ1n) is 8.91. The van der Waals surface area contributed by atoms with Gasteiger partial charge in [0.25, 0.3) is 0 Å². The Bertz CT molecular complexity index is 460. The van der Waals surface area contributed by atoms with Crippen molar-refractivity contribution in [3.05, 3.63) is 0 Å². The molecule has 1 aliphatic carbocycles. The molecule has 0 bridgehead atoms. The van der Waals surface area contributed by atoms with Crippen molar-refractivity contribution >= 4 is 17.3 Å². The zero-order chi connectivity index (χ0) is 19.5. The van der Waals surface area contributed by atoms with Crippen LogP contribution in [0.5, 0.6) is 0 Å². The summed E-state index contributed by atoms with van der Waals surface area (Å²) in [5, 5.41) is 0. The summed E-state index contributed by atoms with van der Waals surface area (Å²) in [5.74, 6) is 6.83. The fourth-order valence-electron chi connectivity index (χ4n) is 1.55. The smallest absolute Gasteiger partial charge is 0.210 e. The van der Waals surface area contributed by atoms with E-state index in [0.29, 0.717) is 23.9 Å². The molecule has 0 unspecified atom stereocenters. The van der Waals surface area contributed by atoms with E-state index in [9.17, 15) is 14.4 Å². The summed E-state index contributed by atoms with van der Waals surface area (Å²) in [4.78, 5) is 32.3. The van der Waals surface area contributed by atoms with Gasteiger partial charge in [0, 0.05) is 29.6 Å². The molecule has 0 saturated heterocycles. The van der Waals surface area contributed by atoms with Crippen molar-refractivity contribution in [2.45, 2.75) is 81.6 Å². The Kier molecular flexibility index (Phi) is 12.4. The third-order valence-electron chi connectivity index (χ3n) is 3.46. The first kappa shape index (κ1) is 24.8. The van der Waals surface area contributed by atoms with Gasteiger partial charge in [-0.2, -0.15) is 0 Å². The normalized spacial score (nSPS) is 13.0. The number of Topliss-reactive ketones (excluding diaryl/α,β-unsaturated/α-hetero) is 3. The highest BCUT2D eigenvalue weighted by Gasteiger charge is 2.30. The maximum absolute atomic E-state index is 10.9. The molecule has 24 heavy (non-hydrogen) atoms. The van der Waals surface area contributed by atoms with Crippen LogP contribution in [0.25, 0.3) is 0 Å². The maximum atomic E-state index is 10.9. The number of hydrogen-bond acceptors (Lipinski definition) is 3. The summed E-state index contributed by atoms with van der Waals surface area (Å²) in [5.41, 5.74) is -0.303. The van der Waals surface area contributed by atoms with Gasteiger partial charge in [0.1, 0.15) is 11.6 Å². The average molecular weight is 337 g/mol. The Morgan fingerprint density at radius 1 is 1.00 bits per heavy atom. The quantitative estimate of drug-likeness (QED) is 0.544. The SMILES string of the molecule is CC#CC(=O)C(C)(C)C.CC(C)C(=O)C1CC1.CCC(=O)C(C)C. The van der Waals surface area contributed by atoms with Gasteiger partial charge in [0.2, 0.25) is 5.78 Å². The van der Waals surface area contributed by atoms with E-state index >= 15 is 0 Å². The van der Waals surface area contributed by atoms with Crippen LogP contribution in [0.3, 0.4) is 0 Å². The van der Waals surface area contributed by atoms with Gasteiger partial charge in [-0.05, 0) is 25.7 Å². The lowest BCUT2D eigenvalue weighted by Gasteiger charge is -2.10. The molecule has 1 saturated carbocycles. The molecule has 0 radical (unpaired) electrons. The number of hydrogen-bond donors (Lipinski definition) is 0. The molecular formula is C21H36O3. The number of rotatable bonds is 4. The van der Waals surface area contributed by atoms with E-state index in [1.54, 1.807) is 6.92 Å². The Morgan fingerprint density at radius 2 is 1.46 bits per heavy atom. The summed E-state index contributed by atoms with van der Waals surface area (Å²) >= 11 is 0. The molecule has 1 aliphatic rings. The Hall–Kier alpha value is -1.43. The van der Waals surface area contributed by atoms with Gasteiger partial charge in [-0.1, -0.05) is 61.3 Å². The predicted molar refractivity (Wildman–Crippen MR) is 101 cm³/mol. The van der Waals surface area contributed by atoms with Crippen molar-refractivity contribution in [2.24, 2.45) is 23.2 Å². The molecule has 138 valence electrons. The van der Waals surface area contributed by atoms with Crippen molar-refractivity contribution in [2.75, 3.05) is 0 Å². The molecule has 0 aromatic carbocycles. The summed E-state index contributed by atoms with van der Waals surface area (Å²) in [6.07, 6.45) is 2.98. The third-order valence-corrected chi connectivity index (χ3v) is 3.46. The predicted octanol–water partition coefficient (Wildman–Crippen LogP) is 4.87. The molecule has 0 heterocycles. The van der Waals surface area contributed by atoms with Crippen LogP contribution in [0.2, 0.25) is 0 Å². The molecule has 1 rings (SSSR count). The Labute approximate surface area is 149 Å². The fraction of sp³-hybridized carbons (Fsp3) is 0.762. The topological polar surface area (TPSA) is 51.2 Å². The van der Waals surface area contributed by atoms with Crippen LogP contribution < -0.4 is 0 Å². The van der Waals surface area contributed by atoms with Crippen LogP contribution in [0.15, 0.2) is 0 Å². The van der Waals surface area contributed by atoms with Crippen molar-refractivity contribution in [1.82, 2.24) is 0 Å². The minimum atomic E-state index is -0.303. The van der Waals surface area contributed by atoms with Gasteiger partial charge >= 0.3 is 0 Å². The Balaban J connectivity index is 0. The lowest BCUT2D eigenvalue weighted by Crippen LogP contribution is -2.17. The zero-order valence-corrected chi connectivity index (χ0v) is 17.1. The highest BCUT2D eigenvalue weighted by Crippen LogP contribution is 2.32. The van der Waals surface area contributed by atoms with Crippen molar-refractivity contribution in [3.63, 3.8) is 0 Å². The van der Waals surface area contributed by atoms with E-state index in [1.807, 2.05) is 55.4 Å². The number of carbonyl (C=O) groups is 3. The van der Waals surface area contributed by atoms with Crippen molar-refractivity contribution in [3.8, 4) is 11.8 Å². The van der Waals surface area contributed by atoms with Crippen LogP contribution in [0.1, 0.15) is 81.6 Å². The van der Waals surface area contributed by atoms with E-state index in [2.05, 4.69) is 11.8 Å². The first-order chi connectivity index (χ1) is 10.9. The van der Waals surface area contributed by atoms with Gasteiger partial charge in [-0.15, -0.1) is 0 Å². The highest BCUT2D eigenvalue weighted by atomic mass is 16.1. The van der Waals surface area contributed by atoms with Crippen LogP contribution in [-0.4, -0.2) is 17.3 Å². The highest BCUT2D eigenvalue weighted by molar-refractivity contribution is 5.99. The van der Waals surface area contributed by atoms with Gasteiger partial charge in [-0.3, -0.25) is 14.4 Å². The monoisotopic (exact) mass is 336 g/mol. The number of ketones is 3. The second kappa shape index (κ2) is 12.0. The molecule has 0 N–H and O–H groups in total. The van der Waals surface area contributed by atoms with E-state index in [1.165, 1.54) is 0 Å². The minimum Gasteiger partial charge on any atom is -0.299 e. The summed E-state index contributed by atoms with van der Waals surface area (Å²) in [6.45, 7) is 16.9. The van der Waals surface area contributed by atoms with Crippen molar-refractivity contribution in [1.29, 1.82) is 0 Å². The number of carbonyl (C=O) groups excluding carboxylic acids is 3. The van der Waals surface area contributed by atoms with Crippen LogP contribution >= 0.6 is 0 Å². The molecule has 0 spiro atoms. The van der Waals surface area contributed by atoms with Crippen LogP contribution in [0.4, 0.5) is 0 Å². The summed E-state index contributed by atoms with van der Waals surface area (Å²) in [7, 11) is 0. The molecule has 3 heteroatoms. The van der Waals surface area contributed by atoms with Gasteiger partial charge < -0.3 is 0 Å². The molecule has 3 nitrogen and oxygen atoms in total. The molecular weight excluding hydrogens is 300 g/mol. The summed E-state index contributed by atoms with van der Waals surface area (Å²) < 4.78 is 0. The van der Waals surface area contributed by atoms with E-state index in [0.717, 1.165) is 12.8 Å². The lowest BCUT2D eigenvalue weighted by atomic mass is 9.91. The zero-order valence-electron chi connectivity index (χ0n) is 17.1. The van der Waals surface area contributed by atoms with Crippen LogP contribution in [-0.2, 0) is 14.4 Å². The van der Waals surface area contributed by atoms with Gasteiger partial charge in [0.05, 0.1) is 0 Å². The standard InChI is InChI=1S/C8H12O.C7H12O.C6H12O/c1-5-6-7(9)8(2,3)4;1-5(2)7(8)6-3-4-6;1-4-6(7)5(2)3/h1-4H3;5-6H,3-4H2,1-2H3;5H,4H2,1-3H3. The molecule has 0 atom stereocenters. The molecule has 0 aromatic rings. The molecule has 1 fully saturated rings. The average Bonchev–Trinajstić information content (AvgIpc) is 3.30. The minimum absolute atomic E-state index is 0.00463. The molecule has 0 amide bonds. The molecule has 0 aromatic heterocycles. The van der Waals surface area contributed by atoms with Gasteiger partial charge in [-0.25, -0.2) is 0 Å². The third kappa shape index (κ3) is 13.0. The fourth-order valence-corrected chi connectivity index (χ4v) is 1.55. The van der Waals surface area contributed by atoms with Gasteiger partial charge in [0.15, 0.2) is 0 Å². The van der Waals surface area contributed by atoms with E-state index < -0.39 is 0 Å². The van der Waals surface area contributed by atoms with E-state index in [-0.39, 0.29) is 23.0 Å². The summed E-state index contributed by atoms with van der Waals surface area (Å²) in [6, 6.07) is 0. The Morgan fingerprint density at radius 3 is 1.54 bits per heavy atom. The first-order valence-corrected chi connectivity index (χ1v) is 8.91. The molecule has 0 aliphatic heterocycles. The second-order valence-electron chi connectivity index (χ2n) is 7.76. The van der Waals surface area contributed by atoms with Crippen LogP contribution in [0, 0.1) is 35.0 Å².